The average Bonchev–Trinajstić information content (AvgIpc) is 2.39. The molecule has 0 aliphatic heterocycles. The van der Waals surface area contributed by atoms with Crippen LogP contribution < -0.4 is 0 Å². The summed E-state index contributed by atoms with van der Waals surface area (Å²) in [6.45, 7) is 0. The van der Waals surface area contributed by atoms with Crippen LogP contribution >= 0.6 is 23.5 Å². The van der Waals surface area contributed by atoms with Crippen molar-refractivity contribution in [1.29, 1.82) is 0 Å². The van der Waals surface area contributed by atoms with Crippen LogP contribution in [0.5, 0.6) is 0 Å². The number of rotatable bonds is 5. The SMILES string of the molecule is [B]Cc1ccc2nc(CSC)c(CSC)nc2c1. The molecule has 0 saturated carbocycles. The molecule has 0 aliphatic carbocycles. The molecule has 0 spiro atoms. The van der Waals surface area contributed by atoms with Crippen molar-refractivity contribution in [2.24, 2.45) is 0 Å². The van der Waals surface area contributed by atoms with Crippen LogP contribution in [0.25, 0.3) is 11.0 Å². The van der Waals surface area contributed by atoms with Crippen LogP contribution in [0.3, 0.4) is 0 Å². The van der Waals surface area contributed by atoms with Gasteiger partial charge in [0, 0.05) is 11.5 Å². The van der Waals surface area contributed by atoms with Crippen LogP contribution in [0.4, 0.5) is 0 Å². The van der Waals surface area contributed by atoms with Gasteiger partial charge in [-0.3, -0.25) is 0 Å². The van der Waals surface area contributed by atoms with Gasteiger partial charge in [-0.15, -0.1) is 0 Å². The monoisotopic (exact) mass is 274 g/mol. The molecule has 1 aromatic heterocycles. The molecule has 0 aliphatic rings. The summed E-state index contributed by atoms with van der Waals surface area (Å²) in [5.41, 5.74) is 5.21. The summed E-state index contributed by atoms with van der Waals surface area (Å²) in [7, 11) is 5.66. The van der Waals surface area contributed by atoms with Gasteiger partial charge in [-0.05, 0) is 24.6 Å². The summed E-state index contributed by atoms with van der Waals surface area (Å²) in [5, 5.41) is 0. The lowest BCUT2D eigenvalue weighted by atomic mass is 9.97. The summed E-state index contributed by atoms with van der Waals surface area (Å²) in [4.78, 5) is 9.46. The van der Waals surface area contributed by atoms with Gasteiger partial charge in [0.1, 0.15) is 0 Å². The van der Waals surface area contributed by atoms with Crippen LogP contribution in [-0.2, 0) is 17.8 Å². The van der Waals surface area contributed by atoms with Crippen molar-refractivity contribution < 1.29 is 0 Å². The van der Waals surface area contributed by atoms with E-state index in [1.54, 1.807) is 23.5 Å². The Balaban J connectivity index is 2.52. The minimum absolute atomic E-state index is 0.544. The smallest absolute Gasteiger partial charge is 0.0893 e. The fourth-order valence-corrected chi connectivity index (χ4v) is 2.81. The van der Waals surface area contributed by atoms with Crippen LogP contribution in [-0.4, -0.2) is 30.3 Å². The van der Waals surface area contributed by atoms with Gasteiger partial charge in [0.25, 0.3) is 0 Å². The fraction of sp³-hybridized carbons (Fsp3) is 0.385. The van der Waals surface area contributed by atoms with Crippen LogP contribution in [0, 0.1) is 0 Å². The quantitative estimate of drug-likeness (QED) is 0.783. The Labute approximate surface area is 118 Å². The molecule has 5 heteroatoms. The van der Waals surface area contributed by atoms with E-state index in [1.165, 1.54) is 0 Å². The summed E-state index contributed by atoms with van der Waals surface area (Å²) in [5.74, 6) is 1.82. The highest BCUT2D eigenvalue weighted by Gasteiger charge is 2.08. The second-order valence-corrected chi connectivity index (χ2v) is 5.74. The van der Waals surface area contributed by atoms with E-state index in [0.717, 1.165) is 39.5 Å². The molecule has 2 aromatic rings. The van der Waals surface area contributed by atoms with E-state index < -0.39 is 0 Å². The Kier molecular flexibility index (Phi) is 4.95. The highest BCUT2D eigenvalue weighted by molar-refractivity contribution is 7.98. The number of hydrogen-bond acceptors (Lipinski definition) is 4. The van der Waals surface area contributed by atoms with E-state index >= 15 is 0 Å². The maximum Gasteiger partial charge on any atom is 0.0893 e. The lowest BCUT2D eigenvalue weighted by Crippen LogP contribution is -2.00. The normalized spacial score (nSPS) is 11.0. The van der Waals surface area contributed by atoms with Crippen molar-refractivity contribution in [3.8, 4) is 0 Å². The Morgan fingerprint density at radius 1 is 1.00 bits per heavy atom. The summed E-state index contributed by atoms with van der Waals surface area (Å²) in [6.07, 6.45) is 4.72. The number of benzene rings is 1. The van der Waals surface area contributed by atoms with E-state index in [2.05, 4.69) is 12.5 Å². The van der Waals surface area contributed by atoms with Crippen molar-refractivity contribution in [3.05, 3.63) is 35.2 Å². The zero-order valence-corrected chi connectivity index (χ0v) is 12.3. The Morgan fingerprint density at radius 3 is 2.17 bits per heavy atom. The predicted molar refractivity (Wildman–Crippen MR) is 83.4 cm³/mol. The van der Waals surface area contributed by atoms with Gasteiger partial charge >= 0.3 is 0 Å². The molecule has 0 N–H and O–H groups in total. The second kappa shape index (κ2) is 6.48. The Morgan fingerprint density at radius 2 is 1.61 bits per heavy atom. The zero-order chi connectivity index (χ0) is 13.0. The highest BCUT2D eigenvalue weighted by atomic mass is 32.2. The maximum absolute atomic E-state index is 5.66. The van der Waals surface area contributed by atoms with Gasteiger partial charge in [-0.25, -0.2) is 9.97 Å². The van der Waals surface area contributed by atoms with E-state index in [0.29, 0.717) is 6.32 Å². The van der Waals surface area contributed by atoms with Crippen LogP contribution in [0.15, 0.2) is 18.2 Å². The molecule has 0 saturated heterocycles. The van der Waals surface area contributed by atoms with E-state index in [9.17, 15) is 0 Å². The molecule has 2 rings (SSSR count). The number of nitrogens with zero attached hydrogens (tertiary/aromatic N) is 2. The molecule has 0 atom stereocenters. The topological polar surface area (TPSA) is 25.8 Å². The van der Waals surface area contributed by atoms with E-state index in [1.807, 2.05) is 18.2 Å². The van der Waals surface area contributed by atoms with Crippen molar-refractivity contribution in [2.75, 3.05) is 12.5 Å². The van der Waals surface area contributed by atoms with Crippen molar-refractivity contribution >= 4 is 42.4 Å². The molecule has 18 heavy (non-hydrogen) atoms. The first-order valence-electron chi connectivity index (χ1n) is 5.75. The molecule has 2 nitrogen and oxygen atoms in total. The predicted octanol–water partition coefficient (Wildman–Crippen LogP) is 3.02. The molecule has 0 fully saturated rings. The Hall–Kier alpha value is -0.675. The third-order valence-corrected chi connectivity index (χ3v) is 3.81. The molecular weight excluding hydrogens is 259 g/mol. The molecular formula is C13H15BN2S2. The number of hydrogen-bond donors (Lipinski definition) is 0. The van der Waals surface area contributed by atoms with Gasteiger partial charge in [0.05, 0.1) is 30.3 Å². The maximum atomic E-state index is 5.66. The van der Waals surface area contributed by atoms with Gasteiger partial charge < -0.3 is 0 Å². The lowest BCUT2D eigenvalue weighted by Gasteiger charge is -2.08. The third-order valence-electron chi connectivity index (χ3n) is 2.68. The van der Waals surface area contributed by atoms with Gasteiger partial charge in [-0.1, -0.05) is 17.9 Å². The number of fused-ring (bicyclic) bond motifs is 1. The number of thioether (sulfide) groups is 2. The minimum Gasteiger partial charge on any atom is -0.248 e. The standard InChI is InChI=1S/C13H15BN2S2/c1-17-7-12-13(8-18-2)16-11-5-9(6-14)3-4-10(11)15-12/h3-5H,6-8H2,1-2H3. The first-order valence-corrected chi connectivity index (χ1v) is 8.53. The summed E-state index contributed by atoms with van der Waals surface area (Å²) < 4.78 is 0. The Bertz CT molecular complexity index is 546. The van der Waals surface area contributed by atoms with Gasteiger partial charge in [0.2, 0.25) is 0 Å². The number of aromatic nitrogens is 2. The van der Waals surface area contributed by atoms with E-state index in [-0.39, 0.29) is 0 Å². The van der Waals surface area contributed by atoms with Gasteiger partial charge in [0.15, 0.2) is 0 Å². The molecule has 0 amide bonds. The minimum atomic E-state index is 0.544. The van der Waals surface area contributed by atoms with Crippen LogP contribution in [0.1, 0.15) is 17.0 Å². The van der Waals surface area contributed by atoms with Crippen molar-refractivity contribution in [1.82, 2.24) is 9.97 Å². The van der Waals surface area contributed by atoms with Crippen molar-refractivity contribution in [2.45, 2.75) is 17.8 Å². The molecule has 0 bridgehead atoms. The van der Waals surface area contributed by atoms with Crippen molar-refractivity contribution in [3.63, 3.8) is 0 Å². The molecule has 1 aromatic carbocycles. The average molecular weight is 274 g/mol. The fourth-order valence-electron chi connectivity index (χ4n) is 1.80. The molecule has 92 valence electrons. The van der Waals surface area contributed by atoms with E-state index in [4.69, 9.17) is 17.8 Å². The zero-order valence-electron chi connectivity index (χ0n) is 10.6. The summed E-state index contributed by atoms with van der Waals surface area (Å²) in [6, 6.07) is 6.07. The van der Waals surface area contributed by atoms with Crippen LogP contribution in [0.2, 0.25) is 0 Å². The summed E-state index contributed by atoms with van der Waals surface area (Å²) >= 11 is 3.56. The first-order chi connectivity index (χ1) is 8.78. The molecule has 2 radical (unpaired) electrons. The third kappa shape index (κ3) is 3.01. The molecule has 0 unspecified atom stereocenters. The lowest BCUT2D eigenvalue weighted by molar-refractivity contribution is 1.07. The first kappa shape index (κ1) is 13.7. The second-order valence-electron chi connectivity index (χ2n) is 4.01. The highest BCUT2D eigenvalue weighted by Crippen LogP contribution is 2.20. The van der Waals surface area contributed by atoms with Gasteiger partial charge in [-0.2, -0.15) is 23.5 Å². The molecule has 1 heterocycles. The largest absolute Gasteiger partial charge is 0.248 e.